The van der Waals surface area contributed by atoms with Gasteiger partial charge in [-0.25, -0.2) is 4.98 Å². The minimum absolute atomic E-state index is 0.480. The summed E-state index contributed by atoms with van der Waals surface area (Å²) in [5.41, 5.74) is 12.1. The first kappa shape index (κ1) is 26.7. The quantitative estimate of drug-likeness (QED) is 0.187. The lowest BCUT2D eigenvalue weighted by atomic mass is 9.80. The molecule has 6 aromatic carbocycles. The van der Waals surface area contributed by atoms with Gasteiger partial charge in [-0.05, 0) is 98.1 Å². The van der Waals surface area contributed by atoms with Crippen molar-refractivity contribution in [2.45, 2.75) is 13.3 Å². The molecular formula is C44H32N2. The molecule has 9 rings (SSSR count). The van der Waals surface area contributed by atoms with Gasteiger partial charge >= 0.3 is 0 Å². The second-order valence-electron chi connectivity index (χ2n) is 12.3. The average molecular weight is 589 g/mol. The van der Waals surface area contributed by atoms with Gasteiger partial charge < -0.3 is 0 Å². The molecule has 2 nitrogen and oxygen atoms in total. The number of imidazole rings is 1. The summed E-state index contributed by atoms with van der Waals surface area (Å²) < 4.78 is 2.22. The summed E-state index contributed by atoms with van der Waals surface area (Å²) in [5, 5.41) is 5.13. The molecule has 1 unspecified atom stereocenters. The maximum absolute atomic E-state index is 4.93. The van der Waals surface area contributed by atoms with Crippen molar-refractivity contribution in [2.24, 2.45) is 5.92 Å². The van der Waals surface area contributed by atoms with Crippen molar-refractivity contribution >= 4 is 38.2 Å². The molecule has 2 aliphatic carbocycles. The van der Waals surface area contributed by atoms with Crippen LogP contribution in [0.1, 0.15) is 17.8 Å². The average Bonchev–Trinajstić information content (AvgIpc) is 3.45. The monoisotopic (exact) mass is 588 g/mol. The standard InChI is InChI=1S/C44H32N2/c1-29-45-41-28-34(25-26-42(41)46(29)36-13-3-2-4-14-36)31-19-22-32(23-20-31)43-37-15-7-9-17-39(37)44(40-18-10-8-16-38(40)43)35-24-21-30-11-5-6-12-33(30)27-35/h2-10,12-28,30H,11H2,1H3. The Morgan fingerprint density at radius 2 is 1.28 bits per heavy atom. The molecule has 1 heterocycles. The van der Waals surface area contributed by atoms with E-state index in [0.717, 1.165) is 29.0 Å². The van der Waals surface area contributed by atoms with Crippen molar-refractivity contribution in [1.29, 1.82) is 0 Å². The topological polar surface area (TPSA) is 17.8 Å². The van der Waals surface area contributed by atoms with Crippen LogP contribution in [0, 0.1) is 12.8 Å². The zero-order valence-electron chi connectivity index (χ0n) is 25.7. The maximum Gasteiger partial charge on any atom is 0.111 e. The molecule has 2 heteroatoms. The number of hydrogen-bond donors (Lipinski definition) is 0. The second kappa shape index (κ2) is 10.7. The summed E-state index contributed by atoms with van der Waals surface area (Å²) in [4.78, 5) is 4.93. The van der Waals surface area contributed by atoms with Crippen LogP contribution in [-0.4, -0.2) is 9.55 Å². The molecule has 0 spiro atoms. The van der Waals surface area contributed by atoms with Gasteiger partial charge in [0.2, 0.25) is 0 Å². The number of para-hydroxylation sites is 1. The van der Waals surface area contributed by atoms with Crippen LogP contribution in [0.25, 0.3) is 66.1 Å². The molecule has 218 valence electrons. The molecule has 0 aliphatic heterocycles. The molecule has 0 radical (unpaired) electrons. The van der Waals surface area contributed by atoms with Crippen molar-refractivity contribution in [1.82, 2.24) is 9.55 Å². The van der Waals surface area contributed by atoms with Gasteiger partial charge in [0.25, 0.3) is 0 Å². The molecule has 0 saturated heterocycles. The maximum atomic E-state index is 4.93. The van der Waals surface area contributed by atoms with E-state index in [1.165, 1.54) is 60.5 Å². The van der Waals surface area contributed by atoms with E-state index >= 15 is 0 Å². The smallest absolute Gasteiger partial charge is 0.111 e. The van der Waals surface area contributed by atoms with E-state index < -0.39 is 0 Å². The molecule has 0 N–H and O–H groups in total. The Kier molecular flexibility index (Phi) is 6.21. The SMILES string of the molecule is Cc1nc2cc(-c3ccc(-c4c5ccccc5c(C5=CC6=CC=CCC6C=C5)c5ccccc45)cc3)ccc2n1-c1ccccc1. The highest BCUT2D eigenvalue weighted by Gasteiger charge is 2.21. The van der Waals surface area contributed by atoms with Crippen LogP contribution >= 0.6 is 0 Å². The Morgan fingerprint density at radius 3 is 2.00 bits per heavy atom. The van der Waals surface area contributed by atoms with Crippen LogP contribution in [0.4, 0.5) is 0 Å². The van der Waals surface area contributed by atoms with E-state index in [2.05, 4.69) is 163 Å². The number of allylic oxidation sites excluding steroid dienone is 8. The van der Waals surface area contributed by atoms with Crippen LogP contribution in [0.15, 0.2) is 163 Å². The van der Waals surface area contributed by atoms with Crippen molar-refractivity contribution < 1.29 is 0 Å². The summed E-state index contributed by atoms with van der Waals surface area (Å²) in [7, 11) is 0. The fourth-order valence-corrected chi connectivity index (χ4v) is 7.47. The highest BCUT2D eigenvalue weighted by Crippen LogP contribution is 2.44. The molecule has 0 saturated carbocycles. The van der Waals surface area contributed by atoms with Gasteiger partial charge in [-0.3, -0.25) is 4.57 Å². The van der Waals surface area contributed by atoms with E-state index in [1.54, 1.807) is 0 Å². The van der Waals surface area contributed by atoms with Crippen LogP contribution in [0.2, 0.25) is 0 Å². The van der Waals surface area contributed by atoms with Gasteiger partial charge in [-0.1, -0.05) is 134 Å². The summed E-state index contributed by atoms with van der Waals surface area (Å²) in [5.74, 6) is 1.47. The Hall–Kier alpha value is -5.73. The third-order valence-corrected chi connectivity index (χ3v) is 9.64. The number of hydrogen-bond acceptors (Lipinski definition) is 1. The van der Waals surface area contributed by atoms with Crippen molar-refractivity contribution in [3.05, 3.63) is 175 Å². The first-order chi connectivity index (χ1) is 22.7. The fraction of sp³-hybridized carbons (Fsp3) is 0.0682. The Labute approximate surface area is 269 Å². The minimum atomic E-state index is 0.480. The Bertz CT molecular complexity index is 2380. The molecule has 2 aliphatic rings. The molecule has 7 aromatic rings. The highest BCUT2D eigenvalue weighted by molar-refractivity contribution is 6.19. The van der Waals surface area contributed by atoms with Crippen LogP contribution in [0.5, 0.6) is 0 Å². The predicted octanol–water partition coefficient (Wildman–Crippen LogP) is 11.4. The summed E-state index contributed by atoms with van der Waals surface area (Å²) in [6.07, 6.45) is 14.9. The molecule has 0 amide bonds. The van der Waals surface area contributed by atoms with Gasteiger partial charge in [-0.15, -0.1) is 0 Å². The van der Waals surface area contributed by atoms with Gasteiger partial charge in [0, 0.05) is 11.6 Å². The number of aryl methyl sites for hydroxylation is 1. The number of fused-ring (bicyclic) bond motifs is 4. The second-order valence-corrected chi connectivity index (χ2v) is 12.3. The third kappa shape index (κ3) is 4.29. The first-order valence-electron chi connectivity index (χ1n) is 16.1. The van der Waals surface area contributed by atoms with Gasteiger partial charge in [0.1, 0.15) is 5.82 Å². The van der Waals surface area contributed by atoms with Crippen LogP contribution < -0.4 is 0 Å². The van der Waals surface area contributed by atoms with E-state index in [0.29, 0.717) is 5.92 Å². The van der Waals surface area contributed by atoms with Gasteiger partial charge in [0.05, 0.1) is 11.0 Å². The zero-order chi connectivity index (χ0) is 30.6. The summed E-state index contributed by atoms with van der Waals surface area (Å²) in [6, 6.07) is 44.0. The van der Waals surface area contributed by atoms with Gasteiger partial charge in [-0.2, -0.15) is 0 Å². The largest absolute Gasteiger partial charge is 0.297 e. The molecule has 1 aromatic heterocycles. The molecule has 1 atom stereocenters. The van der Waals surface area contributed by atoms with E-state index in [-0.39, 0.29) is 0 Å². The summed E-state index contributed by atoms with van der Waals surface area (Å²) in [6.45, 7) is 2.07. The summed E-state index contributed by atoms with van der Waals surface area (Å²) >= 11 is 0. The minimum Gasteiger partial charge on any atom is -0.297 e. The lowest BCUT2D eigenvalue weighted by Gasteiger charge is -2.23. The third-order valence-electron chi connectivity index (χ3n) is 9.64. The molecule has 0 bridgehead atoms. The van der Waals surface area contributed by atoms with E-state index in [9.17, 15) is 0 Å². The van der Waals surface area contributed by atoms with E-state index in [4.69, 9.17) is 4.98 Å². The predicted molar refractivity (Wildman–Crippen MR) is 194 cm³/mol. The number of benzene rings is 6. The number of aromatic nitrogens is 2. The van der Waals surface area contributed by atoms with Crippen molar-refractivity contribution in [3.8, 4) is 27.9 Å². The first-order valence-corrected chi connectivity index (χ1v) is 16.1. The molecule has 46 heavy (non-hydrogen) atoms. The molecular weight excluding hydrogens is 556 g/mol. The number of rotatable bonds is 4. The van der Waals surface area contributed by atoms with Crippen molar-refractivity contribution in [2.75, 3.05) is 0 Å². The highest BCUT2D eigenvalue weighted by atomic mass is 15.1. The Balaban J connectivity index is 1.16. The normalized spacial score (nSPS) is 15.7. The number of nitrogens with zero attached hydrogens (tertiary/aromatic N) is 2. The fourth-order valence-electron chi connectivity index (χ4n) is 7.47. The van der Waals surface area contributed by atoms with Crippen LogP contribution in [0.3, 0.4) is 0 Å². The lowest BCUT2D eigenvalue weighted by molar-refractivity contribution is 0.781. The zero-order valence-corrected chi connectivity index (χ0v) is 25.7. The van der Waals surface area contributed by atoms with Crippen molar-refractivity contribution in [3.63, 3.8) is 0 Å². The molecule has 0 fully saturated rings. The van der Waals surface area contributed by atoms with Gasteiger partial charge in [0.15, 0.2) is 0 Å². The lowest BCUT2D eigenvalue weighted by Crippen LogP contribution is -2.05. The Morgan fingerprint density at radius 1 is 0.652 bits per heavy atom. The van der Waals surface area contributed by atoms with Crippen LogP contribution in [-0.2, 0) is 0 Å². The van der Waals surface area contributed by atoms with E-state index in [1.807, 2.05) is 6.07 Å².